The zero-order valence-corrected chi connectivity index (χ0v) is 7.83. The van der Waals surface area contributed by atoms with Gasteiger partial charge in [-0.3, -0.25) is 4.79 Å². The molecule has 0 aliphatic carbocycles. The van der Waals surface area contributed by atoms with Crippen molar-refractivity contribution in [2.75, 3.05) is 13.7 Å². The van der Waals surface area contributed by atoms with Crippen LogP contribution in [0.25, 0.3) is 0 Å². The van der Waals surface area contributed by atoms with Gasteiger partial charge < -0.3 is 15.2 Å². The zero-order chi connectivity index (χ0) is 9.56. The summed E-state index contributed by atoms with van der Waals surface area (Å²) in [5, 5.41) is 11.7. The third-order valence-electron chi connectivity index (χ3n) is 1.71. The molecule has 1 amide bonds. The Morgan fingerprint density at radius 2 is 2.25 bits per heavy atom. The van der Waals surface area contributed by atoms with Crippen LogP contribution in [0.15, 0.2) is 0 Å². The van der Waals surface area contributed by atoms with E-state index in [4.69, 9.17) is 9.84 Å². The first-order chi connectivity index (χ1) is 5.61. The number of amides is 1. The summed E-state index contributed by atoms with van der Waals surface area (Å²) in [6, 6.07) is 0. The minimum absolute atomic E-state index is 0.190. The van der Waals surface area contributed by atoms with Gasteiger partial charge in [-0.2, -0.15) is 0 Å². The zero-order valence-electron chi connectivity index (χ0n) is 7.83. The van der Waals surface area contributed by atoms with E-state index < -0.39 is 12.2 Å². The number of methoxy groups -OCH3 is 1. The van der Waals surface area contributed by atoms with Crippen LogP contribution in [-0.4, -0.2) is 36.9 Å². The van der Waals surface area contributed by atoms with Gasteiger partial charge in [-0.1, -0.05) is 6.92 Å². The molecule has 2 N–H and O–H groups in total. The van der Waals surface area contributed by atoms with E-state index in [0.29, 0.717) is 13.0 Å². The van der Waals surface area contributed by atoms with Crippen molar-refractivity contribution >= 4 is 5.91 Å². The number of aliphatic hydroxyl groups excluding tert-OH is 1. The first-order valence-corrected chi connectivity index (χ1v) is 4.10. The van der Waals surface area contributed by atoms with Gasteiger partial charge in [0.1, 0.15) is 6.10 Å². The highest BCUT2D eigenvalue weighted by atomic mass is 16.5. The predicted molar refractivity (Wildman–Crippen MR) is 45.8 cm³/mol. The second-order valence-corrected chi connectivity index (χ2v) is 2.69. The van der Waals surface area contributed by atoms with Crippen LogP contribution in [0, 0.1) is 0 Å². The molecule has 0 rings (SSSR count). The number of carbonyl (C=O) groups is 1. The Bertz CT molecular complexity index is 138. The summed E-state index contributed by atoms with van der Waals surface area (Å²) >= 11 is 0. The van der Waals surface area contributed by atoms with Crippen LogP contribution in [0.5, 0.6) is 0 Å². The average Bonchev–Trinajstić information content (AvgIpc) is 2.11. The van der Waals surface area contributed by atoms with Crippen LogP contribution in [-0.2, 0) is 9.53 Å². The van der Waals surface area contributed by atoms with Crippen molar-refractivity contribution in [3.8, 4) is 0 Å². The fourth-order valence-corrected chi connectivity index (χ4v) is 0.614. The van der Waals surface area contributed by atoms with E-state index in [2.05, 4.69) is 5.32 Å². The number of aliphatic hydroxyl groups is 1. The summed E-state index contributed by atoms with van der Waals surface area (Å²) in [5.74, 6) is -0.190. The van der Waals surface area contributed by atoms with E-state index in [9.17, 15) is 4.79 Å². The molecule has 0 radical (unpaired) electrons. The van der Waals surface area contributed by atoms with Crippen molar-refractivity contribution in [2.24, 2.45) is 0 Å². The van der Waals surface area contributed by atoms with Gasteiger partial charge >= 0.3 is 0 Å². The van der Waals surface area contributed by atoms with Crippen LogP contribution < -0.4 is 5.32 Å². The number of carbonyl (C=O) groups excluding carboxylic acids is 1. The standard InChI is InChI=1S/C8H17NO3/c1-4-7(10)5-9-8(11)6(2)12-3/h6-7,10H,4-5H2,1-3H3,(H,9,11). The Hall–Kier alpha value is -0.610. The molecule has 0 fully saturated rings. The smallest absolute Gasteiger partial charge is 0.248 e. The van der Waals surface area contributed by atoms with E-state index in [1.807, 2.05) is 6.92 Å². The van der Waals surface area contributed by atoms with Gasteiger partial charge in [-0.15, -0.1) is 0 Å². The molecule has 72 valence electrons. The predicted octanol–water partition coefficient (Wildman–Crippen LogP) is -0.0916. The first-order valence-electron chi connectivity index (χ1n) is 4.10. The number of nitrogens with one attached hydrogen (secondary N) is 1. The summed E-state index contributed by atoms with van der Waals surface area (Å²) in [4.78, 5) is 11.0. The monoisotopic (exact) mass is 175 g/mol. The second-order valence-electron chi connectivity index (χ2n) is 2.69. The van der Waals surface area contributed by atoms with E-state index in [0.717, 1.165) is 0 Å². The summed E-state index contributed by atoms with van der Waals surface area (Å²) in [7, 11) is 1.47. The number of hydrogen-bond acceptors (Lipinski definition) is 3. The fourth-order valence-electron chi connectivity index (χ4n) is 0.614. The molecule has 0 bridgehead atoms. The molecule has 0 aromatic rings. The molecule has 2 atom stereocenters. The molecule has 0 heterocycles. The van der Waals surface area contributed by atoms with Crippen LogP contribution in [0.2, 0.25) is 0 Å². The number of rotatable bonds is 5. The molecule has 12 heavy (non-hydrogen) atoms. The van der Waals surface area contributed by atoms with E-state index in [1.54, 1.807) is 6.92 Å². The largest absolute Gasteiger partial charge is 0.391 e. The van der Waals surface area contributed by atoms with Gasteiger partial charge in [0.05, 0.1) is 6.10 Å². The van der Waals surface area contributed by atoms with E-state index in [-0.39, 0.29) is 5.91 Å². The molecule has 4 heteroatoms. The Labute approximate surface area is 72.9 Å². The van der Waals surface area contributed by atoms with Crippen LogP contribution in [0.3, 0.4) is 0 Å². The maximum Gasteiger partial charge on any atom is 0.248 e. The second kappa shape index (κ2) is 5.97. The molecular weight excluding hydrogens is 158 g/mol. The van der Waals surface area contributed by atoms with Crippen molar-refractivity contribution < 1.29 is 14.6 Å². The lowest BCUT2D eigenvalue weighted by atomic mass is 10.2. The molecular formula is C8H17NO3. The lowest BCUT2D eigenvalue weighted by molar-refractivity contribution is -0.130. The molecule has 0 spiro atoms. The van der Waals surface area contributed by atoms with Gasteiger partial charge in [0.15, 0.2) is 0 Å². The molecule has 0 aliphatic rings. The Morgan fingerprint density at radius 3 is 2.67 bits per heavy atom. The molecule has 0 aliphatic heterocycles. The van der Waals surface area contributed by atoms with Gasteiger partial charge in [-0.05, 0) is 13.3 Å². The fraction of sp³-hybridized carbons (Fsp3) is 0.875. The molecule has 0 saturated carbocycles. The minimum Gasteiger partial charge on any atom is -0.391 e. The number of hydrogen-bond donors (Lipinski definition) is 2. The molecule has 0 aromatic carbocycles. The third-order valence-corrected chi connectivity index (χ3v) is 1.71. The molecule has 2 unspecified atom stereocenters. The SMILES string of the molecule is CCC(O)CNC(=O)C(C)OC. The van der Waals surface area contributed by atoms with E-state index >= 15 is 0 Å². The minimum atomic E-state index is -0.460. The highest BCUT2D eigenvalue weighted by Crippen LogP contribution is 1.90. The molecule has 4 nitrogen and oxygen atoms in total. The van der Waals surface area contributed by atoms with Gasteiger partial charge in [-0.25, -0.2) is 0 Å². The normalized spacial score (nSPS) is 15.3. The third kappa shape index (κ3) is 4.31. The number of ether oxygens (including phenoxy) is 1. The van der Waals surface area contributed by atoms with Crippen LogP contribution in [0.1, 0.15) is 20.3 Å². The lowest BCUT2D eigenvalue weighted by Crippen LogP contribution is -2.38. The van der Waals surface area contributed by atoms with Crippen molar-refractivity contribution in [3.05, 3.63) is 0 Å². The Balaban J connectivity index is 3.56. The highest BCUT2D eigenvalue weighted by Gasteiger charge is 2.11. The van der Waals surface area contributed by atoms with E-state index in [1.165, 1.54) is 7.11 Å². The van der Waals surface area contributed by atoms with Crippen LogP contribution >= 0.6 is 0 Å². The summed E-state index contributed by atoms with van der Waals surface area (Å²) in [6.07, 6.45) is -0.270. The maximum atomic E-state index is 11.0. The quantitative estimate of drug-likeness (QED) is 0.614. The van der Waals surface area contributed by atoms with Crippen molar-refractivity contribution in [2.45, 2.75) is 32.5 Å². The van der Waals surface area contributed by atoms with Crippen molar-refractivity contribution in [3.63, 3.8) is 0 Å². The average molecular weight is 175 g/mol. The Kier molecular flexibility index (Phi) is 5.66. The van der Waals surface area contributed by atoms with Gasteiger partial charge in [0.2, 0.25) is 5.91 Å². The van der Waals surface area contributed by atoms with Crippen molar-refractivity contribution in [1.82, 2.24) is 5.32 Å². The maximum absolute atomic E-state index is 11.0. The van der Waals surface area contributed by atoms with Gasteiger partial charge in [0, 0.05) is 13.7 Å². The highest BCUT2D eigenvalue weighted by molar-refractivity contribution is 5.80. The van der Waals surface area contributed by atoms with Crippen LogP contribution in [0.4, 0.5) is 0 Å². The summed E-state index contributed by atoms with van der Waals surface area (Å²) < 4.78 is 4.78. The van der Waals surface area contributed by atoms with Gasteiger partial charge in [0.25, 0.3) is 0 Å². The summed E-state index contributed by atoms with van der Waals surface area (Å²) in [5.41, 5.74) is 0. The molecule has 0 aromatic heterocycles. The first kappa shape index (κ1) is 11.4. The topological polar surface area (TPSA) is 58.6 Å². The molecule has 0 saturated heterocycles. The lowest BCUT2D eigenvalue weighted by Gasteiger charge is -2.12. The Morgan fingerprint density at radius 1 is 1.67 bits per heavy atom. The summed E-state index contributed by atoms with van der Waals surface area (Å²) in [6.45, 7) is 3.81. The van der Waals surface area contributed by atoms with Crippen molar-refractivity contribution in [1.29, 1.82) is 0 Å².